The van der Waals surface area contributed by atoms with E-state index < -0.39 is 5.60 Å². The SMILES string of the molecule is Cc1ccc(C2(O)CCN(C(=O)[C@@H](C)Cn3cncn3)CC2)nc1. The highest BCUT2D eigenvalue weighted by Crippen LogP contribution is 2.32. The molecule has 0 saturated carbocycles. The fourth-order valence-electron chi connectivity index (χ4n) is 3.09. The predicted octanol–water partition coefficient (Wildman–Crippen LogP) is 1.13. The number of hydrogen-bond acceptors (Lipinski definition) is 5. The number of aryl methyl sites for hydroxylation is 1. The fourth-order valence-corrected chi connectivity index (χ4v) is 3.09. The lowest BCUT2D eigenvalue weighted by atomic mass is 9.87. The van der Waals surface area contributed by atoms with Crippen molar-refractivity contribution >= 4 is 5.91 Å². The molecule has 1 amide bonds. The third-order valence-corrected chi connectivity index (χ3v) is 4.64. The van der Waals surface area contributed by atoms with Crippen LogP contribution in [0.25, 0.3) is 0 Å². The van der Waals surface area contributed by atoms with Crippen LogP contribution >= 0.6 is 0 Å². The molecule has 0 radical (unpaired) electrons. The first kappa shape index (κ1) is 16.6. The van der Waals surface area contributed by atoms with Crippen LogP contribution in [-0.2, 0) is 16.9 Å². The van der Waals surface area contributed by atoms with E-state index in [0.29, 0.717) is 38.2 Å². The van der Waals surface area contributed by atoms with Crippen molar-refractivity contribution in [1.82, 2.24) is 24.6 Å². The second kappa shape index (κ2) is 6.68. The van der Waals surface area contributed by atoms with Gasteiger partial charge in [-0.3, -0.25) is 14.5 Å². The van der Waals surface area contributed by atoms with Crippen LogP contribution < -0.4 is 0 Å². The standard InChI is InChI=1S/C17H23N5O2/c1-13-3-4-15(19-9-13)17(24)5-7-21(8-6-17)16(23)14(2)10-22-12-18-11-20-22/h3-4,9,11-12,14,24H,5-8,10H2,1-2H3/t14-/m0/s1. The molecule has 128 valence electrons. The van der Waals surface area contributed by atoms with Gasteiger partial charge in [0.15, 0.2) is 0 Å². The maximum absolute atomic E-state index is 12.6. The highest BCUT2D eigenvalue weighted by molar-refractivity contribution is 5.78. The Morgan fingerprint density at radius 3 is 2.71 bits per heavy atom. The first-order valence-corrected chi connectivity index (χ1v) is 8.25. The highest BCUT2D eigenvalue weighted by atomic mass is 16.3. The summed E-state index contributed by atoms with van der Waals surface area (Å²) in [5.41, 5.74) is 0.812. The van der Waals surface area contributed by atoms with Crippen molar-refractivity contribution in [3.05, 3.63) is 42.2 Å². The molecular formula is C17H23N5O2. The van der Waals surface area contributed by atoms with Gasteiger partial charge in [-0.05, 0) is 31.4 Å². The van der Waals surface area contributed by atoms with E-state index in [2.05, 4.69) is 15.1 Å². The van der Waals surface area contributed by atoms with Crippen LogP contribution in [0.3, 0.4) is 0 Å². The molecule has 1 atom stereocenters. The Hall–Kier alpha value is -2.28. The van der Waals surface area contributed by atoms with Gasteiger partial charge in [0, 0.05) is 19.3 Å². The number of rotatable bonds is 4. The molecule has 1 N–H and O–H groups in total. The first-order valence-electron chi connectivity index (χ1n) is 8.25. The average Bonchev–Trinajstić information content (AvgIpc) is 3.08. The number of aromatic nitrogens is 4. The van der Waals surface area contributed by atoms with Crippen molar-refractivity contribution in [3.63, 3.8) is 0 Å². The number of carbonyl (C=O) groups is 1. The van der Waals surface area contributed by atoms with Gasteiger partial charge < -0.3 is 10.0 Å². The topological polar surface area (TPSA) is 84.1 Å². The Bertz CT molecular complexity index is 676. The van der Waals surface area contributed by atoms with Crippen LogP contribution in [0.1, 0.15) is 31.0 Å². The van der Waals surface area contributed by atoms with Gasteiger partial charge >= 0.3 is 0 Å². The van der Waals surface area contributed by atoms with E-state index in [-0.39, 0.29) is 11.8 Å². The number of piperidine rings is 1. The molecule has 0 aliphatic carbocycles. The summed E-state index contributed by atoms with van der Waals surface area (Å²) in [4.78, 5) is 22.7. The molecule has 1 aliphatic heterocycles. The number of nitrogens with zero attached hydrogens (tertiary/aromatic N) is 5. The van der Waals surface area contributed by atoms with Crippen LogP contribution in [0, 0.1) is 12.8 Å². The molecular weight excluding hydrogens is 306 g/mol. The zero-order valence-electron chi connectivity index (χ0n) is 14.1. The molecule has 2 aromatic heterocycles. The van der Waals surface area contributed by atoms with Crippen molar-refractivity contribution in [3.8, 4) is 0 Å². The monoisotopic (exact) mass is 329 g/mol. The average molecular weight is 329 g/mol. The van der Waals surface area contributed by atoms with Crippen LogP contribution in [0.5, 0.6) is 0 Å². The largest absolute Gasteiger partial charge is 0.383 e. The summed E-state index contributed by atoms with van der Waals surface area (Å²) < 4.78 is 1.67. The van der Waals surface area contributed by atoms with Crippen molar-refractivity contribution in [2.75, 3.05) is 13.1 Å². The Morgan fingerprint density at radius 1 is 1.38 bits per heavy atom. The quantitative estimate of drug-likeness (QED) is 0.909. The summed E-state index contributed by atoms with van der Waals surface area (Å²) >= 11 is 0. The summed E-state index contributed by atoms with van der Waals surface area (Å²) in [5, 5.41) is 14.9. The lowest BCUT2D eigenvalue weighted by Crippen LogP contribution is -2.47. The predicted molar refractivity (Wildman–Crippen MR) is 87.9 cm³/mol. The minimum absolute atomic E-state index is 0.0874. The van der Waals surface area contributed by atoms with Crippen LogP contribution in [0.15, 0.2) is 31.0 Å². The van der Waals surface area contributed by atoms with Gasteiger partial charge in [0.2, 0.25) is 5.91 Å². The zero-order chi connectivity index (χ0) is 17.2. The Balaban J connectivity index is 1.59. The lowest BCUT2D eigenvalue weighted by molar-refractivity contribution is -0.140. The molecule has 3 heterocycles. The van der Waals surface area contributed by atoms with E-state index in [4.69, 9.17) is 0 Å². The van der Waals surface area contributed by atoms with Crippen molar-refractivity contribution in [1.29, 1.82) is 0 Å². The third kappa shape index (κ3) is 3.46. The zero-order valence-corrected chi connectivity index (χ0v) is 14.1. The molecule has 1 fully saturated rings. The van der Waals surface area contributed by atoms with Gasteiger partial charge in [-0.25, -0.2) is 4.98 Å². The van der Waals surface area contributed by atoms with Gasteiger partial charge in [-0.2, -0.15) is 5.10 Å². The van der Waals surface area contributed by atoms with Gasteiger partial charge in [0.25, 0.3) is 0 Å². The highest BCUT2D eigenvalue weighted by Gasteiger charge is 2.37. The summed E-state index contributed by atoms with van der Waals surface area (Å²) in [7, 11) is 0. The van der Waals surface area contributed by atoms with Gasteiger partial charge in [-0.15, -0.1) is 0 Å². The molecule has 0 aromatic carbocycles. The minimum Gasteiger partial charge on any atom is -0.383 e. The Labute approximate surface area is 141 Å². The Kier molecular flexibility index (Phi) is 4.62. The van der Waals surface area contributed by atoms with Crippen molar-refractivity contribution < 1.29 is 9.90 Å². The fraction of sp³-hybridized carbons (Fsp3) is 0.529. The number of pyridine rings is 1. The summed E-state index contributed by atoms with van der Waals surface area (Å²) in [6.45, 7) is 5.45. The van der Waals surface area contributed by atoms with Gasteiger partial charge in [0.05, 0.1) is 18.2 Å². The van der Waals surface area contributed by atoms with Crippen LogP contribution in [0.2, 0.25) is 0 Å². The van der Waals surface area contributed by atoms with Crippen LogP contribution in [0.4, 0.5) is 0 Å². The first-order chi connectivity index (χ1) is 11.5. The van der Waals surface area contributed by atoms with Gasteiger partial charge in [0.1, 0.15) is 18.3 Å². The molecule has 3 rings (SSSR count). The number of carbonyl (C=O) groups excluding carboxylic acids is 1. The van der Waals surface area contributed by atoms with E-state index in [1.54, 1.807) is 17.2 Å². The van der Waals surface area contributed by atoms with Gasteiger partial charge in [-0.1, -0.05) is 13.0 Å². The van der Waals surface area contributed by atoms with E-state index >= 15 is 0 Å². The summed E-state index contributed by atoms with van der Waals surface area (Å²) in [6, 6.07) is 3.83. The molecule has 24 heavy (non-hydrogen) atoms. The minimum atomic E-state index is -0.945. The normalized spacial score (nSPS) is 18.4. The maximum Gasteiger partial charge on any atom is 0.227 e. The Morgan fingerprint density at radius 2 is 2.12 bits per heavy atom. The second-order valence-electron chi connectivity index (χ2n) is 6.60. The van der Waals surface area contributed by atoms with Crippen LogP contribution in [-0.4, -0.2) is 48.8 Å². The second-order valence-corrected chi connectivity index (χ2v) is 6.60. The third-order valence-electron chi connectivity index (χ3n) is 4.64. The van der Waals surface area contributed by atoms with E-state index in [1.807, 2.05) is 30.9 Å². The number of amides is 1. The lowest BCUT2D eigenvalue weighted by Gasteiger charge is -2.38. The summed E-state index contributed by atoms with van der Waals surface area (Å²) in [5.74, 6) is -0.0835. The van der Waals surface area contributed by atoms with E-state index in [1.165, 1.54) is 6.33 Å². The number of aliphatic hydroxyl groups is 1. The number of likely N-dealkylation sites (tertiary alicyclic amines) is 1. The molecule has 1 aliphatic rings. The molecule has 7 nitrogen and oxygen atoms in total. The molecule has 0 spiro atoms. The molecule has 0 bridgehead atoms. The molecule has 0 unspecified atom stereocenters. The van der Waals surface area contributed by atoms with E-state index in [0.717, 1.165) is 5.56 Å². The smallest absolute Gasteiger partial charge is 0.227 e. The number of hydrogen-bond donors (Lipinski definition) is 1. The maximum atomic E-state index is 12.6. The van der Waals surface area contributed by atoms with E-state index in [9.17, 15) is 9.90 Å². The summed E-state index contributed by atoms with van der Waals surface area (Å²) in [6.07, 6.45) is 5.86. The molecule has 2 aromatic rings. The van der Waals surface area contributed by atoms with Crippen molar-refractivity contribution in [2.24, 2.45) is 5.92 Å². The molecule has 7 heteroatoms. The molecule has 1 saturated heterocycles. The van der Waals surface area contributed by atoms with Crippen molar-refractivity contribution in [2.45, 2.75) is 38.8 Å².